The predicted octanol–water partition coefficient (Wildman–Crippen LogP) is 0.494. The molecule has 1 aliphatic heterocycles. The molecule has 0 bridgehead atoms. The average Bonchev–Trinajstić information content (AvgIpc) is 2.37. The lowest BCUT2D eigenvalue weighted by atomic mass is 9.95. The van der Waals surface area contributed by atoms with Gasteiger partial charge in [-0.15, -0.1) is 0 Å². The summed E-state index contributed by atoms with van der Waals surface area (Å²) in [6.45, 7) is 7.05. The number of carbonyl (C=O) groups is 1. The third kappa shape index (κ3) is 4.23. The van der Waals surface area contributed by atoms with E-state index >= 15 is 0 Å². The molecule has 1 aliphatic rings. The molecule has 106 valence electrons. The average molecular weight is 258 g/mol. The highest BCUT2D eigenvalue weighted by Crippen LogP contribution is 2.19. The summed E-state index contributed by atoms with van der Waals surface area (Å²) in [7, 11) is 3.55. The number of hydrogen-bond donors (Lipinski definition) is 1. The summed E-state index contributed by atoms with van der Waals surface area (Å²) in [6, 6.07) is -0.254. The van der Waals surface area contributed by atoms with Crippen LogP contribution in [0.3, 0.4) is 0 Å². The third-order valence-corrected chi connectivity index (χ3v) is 3.64. The third-order valence-electron chi connectivity index (χ3n) is 3.64. The lowest BCUT2D eigenvalue weighted by molar-refractivity contribution is -0.146. The first-order chi connectivity index (χ1) is 8.62. The number of rotatable bonds is 6. The van der Waals surface area contributed by atoms with Gasteiger partial charge in [-0.2, -0.15) is 0 Å². The van der Waals surface area contributed by atoms with Crippen molar-refractivity contribution in [3.8, 4) is 0 Å². The molecule has 0 spiro atoms. The molecule has 0 aromatic heterocycles. The van der Waals surface area contributed by atoms with Gasteiger partial charge in [0.15, 0.2) is 0 Å². The standard InChI is InChI=1S/C13H26N2O3/c1-5-18-13(16)11(14-3)8-15-7-6-10(2)12(9-15)17-4/h10-12,14H,5-9H2,1-4H3. The molecule has 0 radical (unpaired) electrons. The van der Waals surface area contributed by atoms with E-state index in [0.29, 0.717) is 19.1 Å². The second-order valence-corrected chi connectivity index (χ2v) is 4.89. The first-order valence-corrected chi connectivity index (χ1v) is 6.71. The van der Waals surface area contributed by atoms with E-state index in [4.69, 9.17) is 9.47 Å². The lowest BCUT2D eigenvalue weighted by Crippen LogP contribution is -2.51. The molecule has 1 saturated heterocycles. The zero-order valence-electron chi connectivity index (χ0n) is 11.9. The highest BCUT2D eigenvalue weighted by Gasteiger charge is 2.29. The van der Waals surface area contributed by atoms with Crippen molar-refractivity contribution in [2.24, 2.45) is 5.92 Å². The highest BCUT2D eigenvalue weighted by molar-refractivity contribution is 5.76. The van der Waals surface area contributed by atoms with Gasteiger partial charge in [0.1, 0.15) is 6.04 Å². The zero-order chi connectivity index (χ0) is 13.5. The fourth-order valence-electron chi connectivity index (χ4n) is 2.36. The van der Waals surface area contributed by atoms with Crippen molar-refractivity contribution in [3.63, 3.8) is 0 Å². The first kappa shape index (κ1) is 15.4. The summed E-state index contributed by atoms with van der Waals surface area (Å²) >= 11 is 0. The van der Waals surface area contributed by atoms with Crippen molar-refractivity contribution in [2.45, 2.75) is 32.4 Å². The monoisotopic (exact) mass is 258 g/mol. The van der Waals surface area contributed by atoms with Crippen LogP contribution >= 0.6 is 0 Å². The smallest absolute Gasteiger partial charge is 0.324 e. The summed E-state index contributed by atoms with van der Waals surface area (Å²) in [6.07, 6.45) is 1.37. The van der Waals surface area contributed by atoms with Gasteiger partial charge in [-0.3, -0.25) is 9.69 Å². The SMILES string of the molecule is CCOC(=O)C(CN1CCC(C)C(OC)C1)NC. The van der Waals surface area contributed by atoms with Crippen LogP contribution in [0.2, 0.25) is 0 Å². The van der Waals surface area contributed by atoms with Gasteiger partial charge in [-0.05, 0) is 32.9 Å². The fourth-order valence-corrected chi connectivity index (χ4v) is 2.36. The lowest BCUT2D eigenvalue weighted by Gasteiger charge is -2.37. The largest absolute Gasteiger partial charge is 0.465 e. The van der Waals surface area contributed by atoms with E-state index in [0.717, 1.165) is 19.5 Å². The summed E-state index contributed by atoms with van der Waals surface area (Å²) in [4.78, 5) is 14.0. The highest BCUT2D eigenvalue weighted by atomic mass is 16.5. The van der Waals surface area contributed by atoms with Crippen LogP contribution < -0.4 is 5.32 Å². The van der Waals surface area contributed by atoms with Crippen LogP contribution in [-0.4, -0.2) is 63.4 Å². The Kier molecular flexibility index (Phi) is 6.60. The van der Waals surface area contributed by atoms with Crippen molar-refractivity contribution in [1.29, 1.82) is 0 Å². The molecule has 3 atom stereocenters. The number of likely N-dealkylation sites (N-methyl/N-ethyl adjacent to an activating group) is 1. The molecule has 5 nitrogen and oxygen atoms in total. The predicted molar refractivity (Wildman–Crippen MR) is 70.5 cm³/mol. The molecule has 0 saturated carbocycles. The number of hydrogen-bond acceptors (Lipinski definition) is 5. The molecule has 1 heterocycles. The fraction of sp³-hybridized carbons (Fsp3) is 0.923. The van der Waals surface area contributed by atoms with Crippen molar-refractivity contribution in [3.05, 3.63) is 0 Å². The Hall–Kier alpha value is -0.650. The molecular weight excluding hydrogens is 232 g/mol. The second-order valence-electron chi connectivity index (χ2n) is 4.89. The van der Waals surface area contributed by atoms with E-state index in [1.807, 2.05) is 6.92 Å². The van der Waals surface area contributed by atoms with E-state index in [2.05, 4.69) is 17.1 Å². The van der Waals surface area contributed by atoms with Gasteiger partial charge >= 0.3 is 5.97 Å². The molecular formula is C13H26N2O3. The topological polar surface area (TPSA) is 50.8 Å². The zero-order valence-corrected chi connectivity index (χ0v) is 11.9. The van der Waals surface area contributed by atoms with E-state index in [-0.39, 0.29) is 18.1 Å². The Bertz CT molecular complexity index is 261. The van der Waals surface area contributed by atoms with Gasteiger partial charge in [0.05, 0.1) is 12.7 Å². The maximum Gasteiger partial charge on any atom is 0.324 e. The van der Waals surface area contributed by atoms with Crippen LogP contribution in [0.15, 0.2) is 0 Å². The second kappa shape index (κ2) is 7.71. The number of nitrogens with zero attached hydrogens (tertiary/aromatic N) is 1. The minimum Gasteiger partial charge on any atom is -0.465 e. The number of piperidine rings is 1. The van der Waals surface area contributed by atoms with E-state index in [1.54, 1.807) is 14.2 Å². The summed E-state index contributed by atoms with van der Waals surface area (Å²) < 4.78 is 10.5. The Labute approximate surface area is 110 Å². The Balaban J connectivity index is 2.47. The molecule has 3 unspecified atom stereocenters. The number of methoxy groups -OCH3 is 1. The summed E-state index contributed by atoms with van der Waals surface area (Å²) in [5.74, 6) is 0.412. The van der Waals surface area contributed by atoms with Crippen LogP contribution in [0, 0.1) is 5.92 Å². The molecule has 0 aromatic carbocycles. The molecule has 0 aliphatic carbocycles. The molecule has 1 fully saturated rings. The molecule has 1 rings (SSSR count). The van der Waals surface area contributed by atoms with Crippen molar-refractivity contribution >= 4 is 5.97 Å². The Morgan fingerprint density at radius 2 is 2.28 bits per heavy atom. The van der Waals surface area contributed by atoms with E-state index in [1.165, 1.54) is 0 Å². The van der Waals surface area contributed by atoms with Gasteiger partial charge in [0, 0.05) is 20.2 Å². The number of ether oxygens (including phenoxy) is 2. The van der Waals surface area contributed by atoms with Crippen LogP contribution in [0.5, 0.6) is 0 Å². The minimum atomic E-state index is -0.254. The number of likely N-dealkylation sites (tertiary alicyclic amines) is 1. The molecule has 1 N–H and O–H groups in total. The number of nitrogens with one attached hydrogen (secondary N) is 1. The molecule has 18 heavy (non-hydrogen) atoms. The minimum absolute atomic E-state index is 0.174. The van der Waals surface area contributed by atoms with E-state index in [9.17, 15) is 4.79 Å². The molecule has 0 amide bonds. The van der Waals surface area contributed by atoms with Gasteiger partial charge < -0.3 is 14.8 Å². The maximum atomic E-state index is 11.7. The van der Waals surface area contributed by atoms with Gasteiger partial charge in [-0.1, -0.05) is 6.92 Å². The maximum absolute atomic E-state index is 11.7. The Morgan fingerprint density at radius 1 is 1.56 bits per heavy atom. The number of carbonyl (C=O) groups excluding carboxylic acids is 1. The first-order valence-electron chi connectivity index (χ1n) is 6.71. The number of esters is 1. The van der Waals surface area contributed by atoms with Crippen molar-refractivity contribution < 1.29 is 14.3 Å². The van der Waals surface area contributed by atoms with Crippen LogP contribution in [0.25, 0.3) is 0 Å². The summed E-state index contributed by atoms with van der Waals surface area (Å²) in [5, 5.41) is 3.02. The normalized spacial score (nSPS) is 26.9. The van der Waals surface area contributed by atoms with Gasteiger partial charge in [0.2, 0.25) is 0 Å². The van der Waals surface area contributed by atoms with Crippen molar-refractivity contribution in [2.75, 3.05) is 40.4 Å². The van der Waals surface area contributed by atoms with Gasteiger partial charge in [0.25, 0.3) is 0 Å². The van der Waals surface area contributed by atoms with Crippen LogP contribution in [0.1, 0.15) is 20.3 Å². The van der Waals surface area contributed by atoms with Gasteiger partial charge in [-0.25, -0.2) is 0 Å². The van der Waals surface area contributed by atoms with E-state index < -0.39 is 0 Å². The van der Waals surface area contributed by atoms with Crippen LogP contribution in [-0.2, 0) is 14.3 Å². The van der Waals surface area contributed by atoms with Crippen LogP contribution in [0.4, 0.5) is 0 Å². The van der Waals surface area contributed by atoms with Crippen molar-refractivity contribution in [1.82, 2.24) is 10.2 Å². The summed E-state index contributed by atoms with van der Waals surface area (Å²) in [5.41, 5.74) is 0. The quantitative estimate of drug-likeness (QED) is 0.703. The Morgan fingerprint density at radius 3 is 2.83 bits per heavy atom. The molecule has 5 heteroatoms. The molecule has 0 aromatic rings.